The number of nitrogens with zero attached hydrogens (tertiary/aromatic N) is 2. The van der Waals surface area contributed by atoms with Crippen LogP contribution in [0.5, 0.6) is 0 Å². The van der Waals surface area contributed by atoms with E-state index in [4.69, 9.17) is 0 Å². The minimum Gasteiger partial charge on any atom is -0.378 e. The first-order valence-corrected chi connectivity index (χ1v) is 7.96. The van der Waals surface area contributed by atoms with E-state index in [2.05, 4.69) is 9.98 Å². The predicted molar refractivity (Wildman–Crippen MR) is 81.9 cm³/mol. The Bertz CT molecular complexity index is 713. The van der Waals surface area contributed by atoms with Crippen molar-refractivity contribution in [3.8, 4) is 0 Å². The highest BCUT2D eigenvalue weighted by atomic mass is 32.2. The molecule has 1 aromatic heterocycles. The third-order valence-corrected chi connectivity index (χ3v) is 3.84. The third-order valence-electron chi connectivity index (χ3n) is 2.80. The van der Waals surface area contributed by atoms with E-state index in [0.29, 0.717) is 5.69 Å². The third kappa shape index (κ3) is 3.48. The molecule has 0 aliphatic heterocycles. The lowest BCUT2D eigenvalue weighted by atomic mass is 10.3. The molecule has 0 unspecified atom stereocenters. The molecule has 1 heterocycles. The number of benzene rings is 1. The first-order chi connectivity index (χ1) is 9.36. The Morgan fingerprint density at radius 2 is 1.75 bits per heavy atom. The molecule has 20 heavy (non-hydrogen) atoms. The maximum absolute atomic E-state index is 11.3. The number of nitrogens with one attached hydrogen (secondary N) is 1. The minimum absolute atomic E-state index is 0.196. The lowest BCUT2D eigenvalue weighted by Crippen LogP contribution is -2.07. The molecule has 5 nitrogen and oxygen atoms in total. The van der Waals surface area contributed by atoms with Crippen LogP contribution < -0.4 is 4.90 Å². The molecule has 0 amide bonds. The van der Waals surface area contributed by atoms with Gasteiger partial charge in [0.05, 0.1) is 17.6 Å². The maximum atomic E-state index is 11.3. The maximum Gasteiger partial charge on any atom is 0.190 e. The van der Waals surface area contributed by atoms with Crippen molar-refractivity contribution in [3.63, 3.8) is 0 Å². The molecule has 2 rings (SSSR count). The number of rotatable bonds is 4. The Kier molecular flexibility index (Phi) is 3.94. The second-order valence-electron chi connectivity index (χ2n) is 4.72. The van der Waals surface area contributed by atoms with Crippen molar-refractivity contribution < 1.29 is 8.42 Å². The van der Waals surface area contributed by atoms with E-state index >= 15 is 0 Å². The van der Waals surface area contributed by atoms with Crippen LogP contribution in [0.3, 0.4) is 0 Å². The van der Waals surface area contributed by atoms with Gasteiger partial charge in [0.2, 0.25) is 0 Å². The van der Waals surface area contributed by atoms with Gasteiger partial charge in [0.25, 0.3) is 0 Å². The van der Waals surface area contributed by atoms with E-state index in [1.165, 1.54) is 12.3 Å². The van der Waals surface area contributed by atoms with E-state index in [0.717, 1.165) is 11.4 Å². The summed E-state index contributed by atoms with van der Waals surface area (Å²) in [6.07, 6.45) is 2.78. The second kappa shape index (κ2) is 5.50. The zero-order valence-corrected chi connectivity index (χ0v) is 12.5. The molecule has 6 heteroatoms. The lowest BCUT2D eigenvalue weighted by Gasteiger charge is -2.11. The largest absolute Gasteiger partial charge is 0.378 e. The summed E-state index contributed by atoms with van der Waals surface area (Å²) in [5, 5.41) is 0.196. The SMILES string of the molecule is CN(C)c1ccc(N=Cc2ccc(S(C)(=O)=O)[nH]2)cc1. The molecule has 0 saturated carbocycles. The zero-order valence-electron chi connectivity index (χ0n) is 11.7. The van der Waals surface area contributed by atoms with Gasteiger partial charge in [-0.05, 0) is 36.4 Å². The van der Waals surface area contributed by atoms with Gasteiger partial charge >= 0.3 is 0 Å². The summed E-state index contributed by atoms with van der Waals surface area (Å²) in [7, 11) is 0.749. The highest BCUT2D eigenvalue weighted by Gasteiger charge is 2.08. The summed E-state index contributed by atoms with van der Waals surface area (Å²) in [6, 6.07) is 11.0. The van der Waals surface area contributed by atoms with Gasteiger partial charge in [-0.1, -0.05) is 0 Å². The molecule has 0 bridgehead atoms. The van der Waals surface area contributed by atoms with Crippen molar-refractivity contribution in [1.29, 1.82) is 0 Å². The standard InChI is InChI=1S/C14H17N3O2S/c1-17(2)13-7-4-11(5-8-13)15-10-12-6-9-14(16-12)20(3,18)19/h4-10,16H,1-3H3. The van der Waals surface area contributed by atoms with Gasteiger partial charge in [0.15, 0.2) is 9.84 Å². The summed E-state index contributed by atoms with van der Waals surface area (Å²) in [5.74, 6) is 0. The molecule has 106 valence electrons. The smallest absolute Gasteiger partial charge is 0.190 e. The molecule has 1 aromatic carbocycles. The monoisotopic (exact) mass is 291 g/mol. The van der Waals surface area contributed by atoms with Crippen molar-refractivity contribution in [2.45, 2.75) is 5.03 Å². The van der Waals surface area contributed by atoms with Crippen LogP contribution in [-0.2, 0) is 9.84 Å². The molecule has 0 aliphatic carbocycles. The van der Waals surface area contributed by atoms with Crippen molar-refractivity contribution in [2.24, 2.45) is 4.99 Å². The van der Waals surface area contributed by atoms with Crippen LogP contribution in [0.25, 0.3) is 0 Å². The molecule has 0 saturated heterocycles. The van der Waals surface area contributed by atoms with Crippen LogP contribution in [0.1, 0.15) is 5.69 Å². The molecule has 0 fully saturated rings. The van der Waals surface area contributed by atoms with E-state index < -0.39 is 9.84 Å². The summed E-state index contributed by atoms with van der Waals surface area (Å²) >= 11 is 0. The van der Waals surface area contributed by atoms with E-state index in [9.17, 15) is 8.42 Å². The number of aromatic nitrogens is 1. The first-order valence-electron chi connectivity index (χ1n) is 6.07. The van der Waals surface area contributed by atoms with Crippen LogP contribution in [0.4, 0.5) is 11.4 Å². The number of aromatic amines is 1. The summed E-state index contributed by atoms with van der Waals surface area (Å²) in [4.78, 5) is 9.12. The normalized spacial score (nSPS) is 11.9. The summed E-state index contributed by atoms with van der Waals surface area (Å²) in [5.41, 5.74) is 2.57. The molecular formula is C14H17N3O2S. The van der Waals surface area contributed by atoms with Gasteiger partial charge in [-0.3, -0.25) is 4.99 Å². The van der Waals surface area contributed by atoms with Gasteiger partial charge in [-0.25, -0.2) is 8.42 Å². The van der Waals surface area contributed by atoms with Crippen molar-refractivity contribution in [3.05, 3.63) is 42.1 Å². The number of sulfone groups is 1. The minimum atomic E-state index is -3.20. The Morgan fingerprint density at radius 3 is 2.25 bits per heavy atom. The Hall–Kier alpha value is -2.08. The van der Waals surface area contributed by atoms with E-state index in [1.807, 2.05) is 43.3 Å². The fourth-order valence-corrected chi connectivity index (χ4v) is 2.28. The molecule has 2 aromatic rings. The molecular weight excluding hydrogens is 274 g/mol. The van der Waals surface area contributed by atoms with Gasteiger partial charge in [0.1, 0.15) is 5.03 Å². The van der Waals surface area contributed by atoms with Crippen LogP contribution in [0, 0.1) is 0 Å². The van der Waals surface area contributed by atoms with Crippen molar-refractivity contribution in [2.75, 3.05) is 25.3 Å². The topological polar surface area (TPSA) is 65.5 Å². The molecule has 0 radical (unpaired) electrons. The van der Waals surface area contributed by atoms with Crippen molar-refractivity contribution >= 4 is 27.4 Å². The Morgan fingerprint density at radius 1 is 1.10 bits per heavy atom. The first kappa shape index (κ1) is 14.3. The lowest BCUT2D eigenvalue weighted by molar-refractivity contribution is 0.599. The predicted octanol–water partition coefficient (Wildman–Crippen LogP) is 2.23. The molecule has 1 N–H and O–H groups in total. The average molecular weight is 291 g/mol. The van der Waals surface area contributed by atoms with Crippen LogP contribution in [0.2, 0.25) is 0 Å². The average Bonchev–Trinajstić information content (AvgIpc) is 2.85. The fourth-order valence-electron chi connectivity index (χ4n) is 1.66. The molecule has 0 atom stereocenters. The summed E-state index contributed by atoms with van der Waals surface area (Å²) in [6.45, 7) is 0. The van der Waals surface area contributed by atoms with Crippen LogP contribution in [0.15, 0.2) is 46.4 Å². The van der Waals surface area contributed by atoms with E-state index in [1.54, 1.807) is 12.3 Å². The fraction of sp³-hybridized carbons (Fsp3) is 0.214. The number of H-pyrrole nitrogens is 1. The Balaban J connectivity index is 2.15. The number of hydrogen-bond acceptors (Lipinski definition) is 4. The quantitative estimate of drug-likeness (QED) is 0.879. The highest BCUT2D eigenvalue weighted by molar-refractivity contribution is 7.90. The summed E-state index contributed by atoms with van der Waals surface area (Å²) < 4.78 is 22.7. The second-order valence-corrected chi connectivity index (χ2v) is 6.70. The Labute approximate surface area is 118 Å². The van der Waals surface area contributed by atoms with E-state index in [-0.39, 0.29) is 5.03 Å². The van der Waals surface area contributed by atoms with Crippen LogP contribution >= 0.6 is 0 Å². The van der Waals surface area contributed by atoms with Crippen LogP contribution in [-0.4, -0.2) is 40.0 Å². The molecule has 0 spiro atoms. The van der Waals surface area contributed by atoms with Gasteiger partial charge < -0.3 is 9.88 Å². The highest BCUT2D eigenvalue weighted by Crippen LogP contribution is 2.18. The van der Waals surface area contributed by atoms with Gasteiger partial charge in [-0.15, -0.1) is 0 Å². The number of anilines is 1. The van der Waals surface area contributed by atoms with Gasteiger partial charge in [0, 0.05) is 26.0 Å². The zero-order chi connectivity index (χ0) is 14.8. The molecule has 0 aliphatic rings. The van der Waals surface area contributed by atoms with Crippen molar-refractivity contribution in [1.82, 2.24) is 4.98 Å². The number of hydrogen-bond donors (Lipinski definition) is 1. The van der Waals surface area contributed by atoms with Gasteiger partial charge in [-0.2, -0.15) is 0 Å². The number of aliphatic imine (C=N–C) groups is 1.